The van der Waals surface area contributed by atoms with Crippen molar-refractivity contribution in [3.63, 3.8) is 0 Å². The molecule has 9 aromatic rings. The minimum Gasteiger partial charge on any atom is -0.458 e. The average Bonchev–Trinajstić information content (AvgIpc) is 3.33. The summed E-state index contributed by atoms with van der Waals surface area (Å²) in [7, 11) is -2.75. The van der Waals surface area contributed by atoms with E-state index in [1.165, 1.54) is 32.1 Å². The molecule has 0 bridgehead atoms. The fourth-order valence-electron chi connectivity index (χ4n) is 10.00. The number of nitrogens with zero attached hydrogens (tertiary/aromatic N) is 1. The second-order valence-electron chi connectivity index (χ2n) is 15.9. The molecule has 0 aromatic heterocycles. The van der Waals surface area contributed by atoms with Gasteiger partial charge < -0.3 is 14.4 Å². The normalized spacial score (nSPS) is 13.6. The van der Waals surface area contributed by atoms with Crippen LogP contribution in [0.4, 0.5) is 17.1 Å². The van der Waals surface area contributed by atoms with Crippen molar-refractivity contribution >= 4 is 74.8 Å². The lowest BCUT2D eigenvalue weighted by Crippen LogP contribution is -2.77. The summed E-state index contributed by atoms with van der Waals surface area (Å²) in [6.45, 7) is -0.0789. The molecule has 3 aliphatic rings. The number of carbonyl (C=O) groups is 1. The third kappa shape index (κ3) is 5.42. The van der Waals surface area contributed by atoms with Gasteiger partial charge in [-0.1, -0.05) is 176 Å². The number of anilines is 3. The van der Waals surface area contributed by atoms with Crippen molar-refractivity contribution in [2.75, 3.05) is 4.90 Å². The topological polar surface area (TPSA) is 38.8 Å². The van der Waals surface area contributed by atoms with Crippen LogP contribution >= 0.6 is 0 Å². The molecule has 0 saturated heterocycles. The molecule has 0 unspecified atom stereocenters. The highest BCUT2D eigenvalue weighted by molar-refractivity contribution is 7.21. The van der Waals surface area contributed by atoms with E-state index in [0.717, 1.165) is 56.2 Å². The fraction of sp³-hybridized carbons (Fsp3) is 0. The smallest absolute Gasteiger partial charge is 0.260 e. The Morgan fingerprint density at radius 1 is 0.426 bits per heavy atom. The largest absolute Gasteiger partial charge is 0.458 e. The van der Waals surface area contributed by atoms with E-state index in [1.54, 1.807) is 0 Å². The summed E-state index contributed by atoms with van der Waals surface area (Å²) in [6.07, 6.45) is 0. The molecule has 0 radical (unpaired) electrons. The molecule has 61 heavy (non-hydrogen) atoms. The summed E-state index contributed by atoms with van der Waals surface area (Å²) >= 11 is 0. The van der Waals surface area contributed by atoms with Gasteiger partial charge in [0.25, 0.3) is 6.71 Å². The minimum atomic E-state index is -2.75. The SMILES string of the molecule is O=C(c1ccccc1)c1ccc(-c2cc3c4c(c2)Oc2cc(N5c6ccccc6[Si](c6ccccc6)(c6ccccc6)c6ccccc65)ccc2B4c2ccccc2O3)cc1. The molecular weight excluding hydrogens is 762 g/mol. The van der Waals surface area contributed by atoms with Gasteiger partial charge in [0.15, 0.2) is 13.9 Å². The van der Waals surface area contributed by atoms with Crippen LogP contribution in [0.5, 0.6) is 23.0 Å². The summed E-state index contributed by atoms with van der Waals surface area (Å²) in [4.78, 5) is 15.7. The summed E-state index contributed by atoms with van der Waals surface area (Å²) in [6, 6.07) is 76.7. The Labute approximate surface area is 356 Å². The summed E-state index contributed by atoms with van der Waals surface area (Å²) < 4.78 is 13.7. The molecule has 0 aliphatic carbocycles. The molecule has 3 heterocycles. The van der Waals surface area contributed by atoms with Gasteiger partial charge in [-0.2, -0.15) is 0 Å². The minimum absolute atomic E-state index is 0.00155. The third-order valence-electron chi connectivity index (χ3n) is 12.7. The van der Waals surface area contributed by atoms with E-state index >= 15 is 0 Å². The van der Waals surface area contributed by atoms with Gasteiger partial charge in [0.1, 0.15) is 23.0 Å². The Bertz CT molecular complexity index is 3080. The van der Waals surface area contributed by atoms with E-state index in [0.29, 0.717) is 11.1 Å². The zero-order valence-corrected chi connectivity index (χ0v) is 34.0. The highest BCUT2D eigenvalue weighted by atomic mass is 28.3. The van der Waals surface area contributed by atoms with Crippen LogP contribution < -0.4 is 51.5 Å². The number of hydrogen-bond donors (Lipinski definition) is 0. The number of ether oxygens (including phenoxy) is 2. The van der Waals surface area contributed by atoms with Crippen LogP contribution in [0.25, 0.3) is 11.1 Å². The Morgan fingerprint density at radius 3 is 1.57 bits per heavy atom. The Hall–Kier alpha value is -7.67. The van der Waals surface area contributed by atoms with Gasteiger partial charge >= 0.3 is 0 Å². The molecule has 6 heteroatoms. The first kappa shape index (κ1) is 35.3. The van der Waals surface area contributed by atoms with Crippen LogP contribution in [0.1, 0.15) is 15.9 Å². The molecule has 0 fully saturated rings. The summed E-state index contributed by atoms with van der Waals surface area (Å²) in [5.41, 5.74) is 9.84. The molecule has 12 rings (SSSR count). The lowest BCUT2D eigenvalue weighted by molar-refractivity contribution is 0.103. The van der Waals surface area contributed by atoms with Crippen molar-refractivity contribution in [1.82, 2.24) is 0 Å². The first-order valence-electron chi connectivity index (χ1n) is 20.7. The molecule has 0 N–H and O–H groups in total. The van der Waals surface area contributed by atoms with E-state index in [-0.39, 0.29) is 12.5 Å². The lowest BCUT2D eigenvalue weighted by atomic mass is 9.35. The van der Waals surface area contributed by atoms with Crippen LogP contribution in [0.3, 0.4) is 0 Å². The predicted molar refractivity (Wildman–Crippen MR) is 251 cm³/mol. The maximum absolute atomic E-state index is 13.3. The van der Waals surface area contributed by atoms with Gasteiger partial charge in [0.05, 0.1) is 0 Å². The molecule has 9 aromatic carbocycles. The van der Waals surface area contributed by atoms with E-state index in [4.69, 9.17) is 9.47 Å². The summed E-state index contributed by atoms with van der Waals surface area (Å²) in [5, 5.41) is 5.40. The van der Waals surface area contributed by atoms with Gasteiger partial charge in [-0.15, -0.1) is 0 Å². The molecule has 4 nitrogen and oxygen atoms in total. The highest BCUT2D eigenvalue weighted by Gasteiger charge is 2.49. The Kier molecular flexibility index (Phi) is 8.09. The molecular formula is C55H36BNO3Si. The molecule has 0 spiro atoms. The predicted octanol–water partition coefficient (Wildman–Crippen LogP) is 8.47. The lowest BCUT2D eigenvalue weighted by Gasteiger charge is -2.45. The van der Waals surface area contributed by atoms with Gasteiger partial charge in [-0.3, -0.25) is 4.79 Å². The zero-order chi connectivity index (χ0) is 40.5. The molecule has 286 valence electrons. The zero-order valence-electron chi connectivity index (χ0n) is 33.0. The van der Waals surface area contributed by atoms with Crippen LogP contribution in [0, 0.1) is 0 Å². The van der Waals surface area contributed by atoms with E-state index < -0.39 is 8.07 Å². The maximum atomic E-state index is 13.3. The monoisotopic (exact) mass is 797 g/mol. The number of benzene rings is 9. The van der Waals surface area contributed by atoms with E-state index in [2.05, 4.69) is 163 Å². The summed E-state index contributed by atoms with van der Waals surface area (Å²) in [5.74, 6) is 3.19. The molecule has 3 aliphatic heterocycles. The van der Waals surface area contributed by atoms with Crippen LogP contribution in [-0.2, 0) is 0 Å². The van der Waals surface area contributed by atoms with Crippen molar-refractivity contribution < 1.29 is 14.3 Å². The Morgan fingerprint density at radius 2 is 0.934 bits per heavy atom. The van der Waals surface area contributed by atoms with Gasteiger partial charge in [-0.25, -0.2) is 0 Å². The fourth-order valence-corrected chi connectivity index (χ4v) is 15.1. The number of rotatable bonds is 6. The number of para-hydroxylation sites is 3. The second kappa shape index (κ2) is 14.0. The van der Waals surface area contributed by atoms with E-state index in [1.807, 2.05) is 60.7 Å². The second-order valence-corrected chi connectivity index (χ2v) is 19.6. The van der Waals surface area contributed by atoms with Crippen molar-refractivity contribution in [3.05, 3.63) is 230 Å². The maximum Gasteiger partial charge on any atom is 0.260 e. The Balaban J connectivity index is 1.00. The first-order chi connectivity index (χ1) is 30.2. The molecule has 0 saturated carbocycles. The van der Waals surface area contributed by atoms with Crippen molar-refractivity contribution in [3.8, 4) is 34.1 Å². The van der Waals surface area contributed by atoms with Crippen molar-refractivity contribution in [2.24, 2.45) is 0 Å². The average molecular weight is 798 g/mol. The van der Waals surface area contributed by atoms with Crippen molar-refractivity contribution in [1.29, 1.82) is 0 Å². The quantitative estimate of drug-likeness (QED) is 0.125. The van der Waals surface area contributed by atoms with Crippen LogP contribution in [0.15, 0.2) is 218 Å². The number of carbonyl (C=O) groups excluding carboxylic acids is 1. The number of hydrogen-bond acceptors (Lipinski definition) is 4. The van der Waals surface area contributed by atoms with Gasteiger partial charge in [-0.05, 0) is 79.2 Å². The van der Waals surface area contributed by atoms with Gasteiger partial charge in [0, 0.05) is 39.7 Å². The standard InChI is InChI=1S/C55H36BNO3Si/c58-55(38-16-4-1-5-17-38)39-30-28-37(29-31-39)40-34-50-54-51(35-40)60-49-36-41(32-33-45(49)56(54)44-22-10-13-25-48(44)59-50)57-46-23-11-14-26-52(46)61(42-18-6-2-7-19-42,43-20-8-3-9-21-43)53-27-15-12-24-47(53)57/h1-36H. The highest BCUT2D eigenvalue weighted by Crippen LogP contribution is 2.43. The first-order valence-corrected chi connectivity index (χ1v) is 22.7. The van der Waals surface area contributed by atoms with E-state index in [9.17, 15) is 4.79 Å². The third-order valence-corrected chi connectivity index (χ3v) is 17.5. The van der Waals surface area contributed by atoms with Crippen LogP contribution in [-0.4, -0.2) is 20.6 Å². The van der Waals surface area contributed by atoms with Gasteiger partial charge in [0.2, 0.25) is 0 Å². The molecule has 0 atom stereocenters. The van der Waals surface area contributed by atoms with Crippen LogP contribution in [0.2, 0.25) is 0 Å². The molecule has 0 amide bonds. The number of fused-ring (bicyclic) bond motifs is 6. The number of ketones is 1. The van der Waals surface area contributed by atoms with Crippen molar-refractivity contribution in [2.45, 2.75) is 0 Å².